The molecule has 0 radical (unpaired) electrons. The molecule has 1 atom stereocenters. The molecule has 0 saturated heterocycles. The van der Waals surface area contributed by atoms with Crippen LogP contribution in [0.25, 0.3) is 11.2 Å². The molecule has 10 heteroatoms. The number of aryl methyl sites for hydroxylation is 1. The normalized spacial score (nSPS) is 12.3. The van der Waals surface area contributed by atoms with Gasteiger partial charge in [-0.15, -0.1) is 5.10 Å². The monoisotopic (exact) mass is 362 g/mol. The Labute approximate surface area is 149 Å². The second-order valence-electron chi connectivity index (χ2n) is 5.56. The smallest absolute Gasteiger partial charge is 0.226 e. The summed E-state index contributed by atoms with van der Waals surface area (Å²) in [5.41, 5.74) is 8.08. The molecule has 1 unspecified atom stereocenters. The van der Waals surface area contributed by atoms with Gasteiger partial charge in [-0.25, -0.2) is 4.68 Å². The van der Waals surface area contributed by atoms with Crippen LogP contribution in [0.4, 0.5) is 23.1 Å². The highest BCUT2D eigenvalue weighted by Gasteiger charge is 2.15. The minimum atomic E-state index is -0.527. The number of benzene rings is 1. The number of hydrogen-bond acceptors (Lipinski definition) is 8. The van der Waals surface area contributed by atoms with E-state index in [1.165, 1.54) is 0 Å². The number of fused-ring (bicyclic) bond motifs is 1. The fourth-order valence-electron chi connectivity index (χ4n) is 2.22. The van der Waals surface area contributed by atoms with Gasteiger partial charge in [0, 0.05) is 18.8 Å². The van der Waals surface area contributed by atoms with Crippen molar-refractivity contribution in [1.29, 1.82) is 0 Å². The molecule has 0 aliphatic carbocycles. The van der Waals surface area contributed by atoms with E-state index in [4.69, 9.17) is 17.3 Å². The highest BCUT2D eigenvalue weighted by atomic mass is 35.5. The third-order valence-corrected chi connectivity index (χ3v) is 3.81. The third-order valence-electron chi connectivity index (χ3n) is 3.48. The summed E-state index contributed by atoms with van der Waals surface area (Å²) in [4.78, 5) is 8.86. The topological polar surface area (TPSA) is 127 Å². The van der Waals surface area contributed by atoms with Gasteiger partial charge < -0.3 is 21.5 Å². The van der Waals surface area contributed by atoms with E-state index >= 15 is 0 Å². The second kappa shape index (κ2) is 7.08. The average Bonchev–Trinajstić information content (AvgIpc) is 2.99. The number of aliphatic hydroxyl groups excluding tert-OH is 1. The maximum Gasteiger partial charge on any atom is 0.226 e. The number of nitrogen functional groups attached to an aromatic ring is 1. The molecular formula is C15H19ClN8O. The van der Waals surface area contributed by atoms with E-state index in [2.05, 4.69) is 30.9 Å². The Balaban J connectivity index is 2.02. The fourth-order valence-corrected chi connectivity index (χ4v) is 2.40. The van der Waals surface area contributed by atoms with Gasteiger partial charge in [-0.3, -0.25) is 0 Å². The Kier molecular flexibility index (Phi) is 4.86. The molecule has 132 valence electrons. The van der Waals surface area contributed by atoms with Crippen molar-refractivity contribution in [2.24, 2.45) is 0 Å². The Morgan fingerprint density at radius 2 is 2.16 bits per heavy atom. The van der Waals surface area contributed by atoms with Crippen LogP contribution in [0.15, 0.2) is 18.2 Å². The first-order valence-corrected chi connectivity index (χ1v) is 8.21. The molecule has 3 aromatic rings. The highest BCUT2D eigenvalue weighted by Crippen LogP contribution is 2.27. The molecule has 25 heavy (non-hydrogen) atoms. The van der Waals surface area contributed by atoms with Gasteiger partial charge in [-0.2, -0.15) is 9.97 Å². The molecule has 0 aliphatic heterocycles. The predicted molar refractivity (Wildman–Crippen MR) is 98.1 cm³/mol. The van der Waals surface area contributed by atoms with Crippen LogP contribution >= 0.6 is 11.6 Å². The van der Waals surface area contributed by atoms with Gasteiger partial charge in [0.2, 0.25) is 5.95 Å². The van der Waals surface area contributed by atoms with E-state index in [0.717, 1.165) is 0 Å². The Bertz CT molecular complexity index is 895. The van der Waals surface area contributed by atoms with Crippen molar-refractivity contribution in [3.8, 4) is 0 Å². The fraction of sp³-hybridized carbons (Fsp3) is 0.333. The Morgan fingerprint density at radius 1 is 1.36 bits per heavy atom. The molecule has 0 bridgehead atoms. The quantitative estimate of drug-likeness (QED) is 0.490. The predicted octanol–water partition coefficient (Wildman–Crippen LogP) is 2.01. The standard InChI is InChI=1S/C15H19ClN8O/c1-3-24-14-12(22-23-24)13(20-15(21-14)18-7-8(2)25)19-9-4-5-11(17)10(16)6-9/h4-6,8,25H,3,7,17H2,1-2H3,(H2,18,19,20,21). The maximum absolute atomic E-state index is 9.46. The number of nitrogens with one attached hydrogen (secondary N) is 2. The first kappa shape index (κ1) is 17.2. The van der Waals surface area contributed by atoms with E-state index in [9.17, 15) is 5.11 Å². The molecule has 0 spiro atoms. The SMILES string of the molecule is CCn1nnc2c(Nc3ccc(N)c(Cl)c3)nc(NCC(C)O)nc21. The molecular weight excluding hydrogens is 344 g/mol. The summed E-state index contributed by atoms with van der Waals surface area (Å²) >= 11 is 6.07. The second-order valence-corrected chi connectivity index (χ2v) is 5.97. The molecule has 2 heterocycles. The lowest BCUT2D eigenvalue weighted by Crippen LogP contribution is -2.17. The average molecular weight is 363 g/mol. The molecule has 9 nitrogen and oxygen atoms in total. The summed E-state index contributed by atoms with van der Waals surface area (Å²) in [6.07, 6.45) is -0.527. The highest BCUT2D eigenvalue weighted by molar-refractivity contribution is 6.33. The van der Waals surface area contributed by atoms with Crippen LogP contribution in [0, 0.1) is 0 Å². The number of anilines is 4. The number of rotatable bonds is 6. The summed E-state index contributed by atoms with van der Waals surface area (Å²) in [6, 6.07) is 5.21. The first-order chi connectivity index (χ1) is 12.0. The Hall–Kier alpha value is -2.65. The zero-order valence-electron chi connectivity index (χ0n) is 13.9. The van der Waals surface area contributed by atoms with E-state index in [1.54, 1.807) is 29.8 Å². The van der Waals surface area contributed by atoms with Gasteiger partial charge in [-0.1, -0.05) is 16.8 Å². The van der Waals surface area contributed by atoms with Crippen molar-refractivity contribution < 1.29 is 5.11 Å². The number of nitrogens with two attached hydrogens (primary N) is 1. The van der Waals surface area contributed by atoms with E-state index in [-0.39, 0.29) is 0 Å². The summed E-state index contributed by atoms with van der Waals surface area (Å²) in [6.45, 7) is 4.58. The molecule has 0 amide bonds. The van der Waals surface area contributed by atoms with Crippen LogP contribution in [0.3, 0.4) is 0 Å². The first-order valence-electron chi connectivity index (χ1n) is 7.83. The van der Waals surface area contributed by atoms with E-state index in [1.807, 2.05) is 6.92 Å². The molecule has 0 aliphatic rings. The lowest BCUT2D eigenvalue weighted by Gasteiger charge is -2.11. The zero-order chi connectivity index (χ0) is 18.0. The summed E-state index contributed by atoms with van der Waals surface area (Å²) in [7, 11) is 0. The molecule has 0 saturated carbocycles. The van der Waals surface area contributed by atoms with Gasteiger partial charge in [0.05, 0.1) is 16.8 Å². The van der Waals surface area contributed by atoms with Crippen LogP contribution in [-0.2, 0) is 6.54 Å². The van der Waals surface area contributed by atoms with Gasteiger partial charge in [0.25, 0.3) is 0 Å². The Morgan fingerprint density at radius 3 is 2.84 bits per heavy atom. The largest absolute Gasteiger partial charge is 0.398 e. The summed E-state index contributed by atoms with van der Waals surface area (Å²) in [5.74, 6) is 0.855. The van der Waals surface area contributed by atoms with Crippen LogP contribution < -0.4 is 16.4 Å². The molecule has 2 aromatic heterocycles. The van der Waals surface area contributed by atoms with E-state index < -0.39 is 6.10 Å². The summed E-state index contributed by atoms with van der Waals surface area (Å²) in [5, 5.41) is 24.3. The van der Waals surface area contributed by atoms with Crippen molar-refractivity contribution in [3.63, 3.8) is 0 Å². The van der Waals surface area contributed by atoms with Crippen molar-refractivity contribution in [1.82, 2.24) is 25.0 Å². The minimum Gasteiger partial charge on any atom is -0.398 e. The minimum absolute atomic E-state index is 0.326. The van der Waals surface area contributed by atoms with Crippen LogP contribution in [0.2, 0.25) is 5.02 Å². The lowest BCUT2D eigenvalue weighted by atomic mass is 10.3. The number of hydrogen-bond donors (Lipinski definition) is 4. The van der Waals surface area contributed by atoms with Gasteiger partial charge in [0.15, 0.2) is 17.0 Å². The van der Waals surface area contributed by atoms with Crippen molar-refractivity contribution in [2.45, 2.75) is 26.5 Å². The van der Waals surface area contributed by atoms with Crippen molar-refractivity contribution >= 4 is 45.9 Å². The van der Waals surface area contributed by atoms with Crippen LogP contribution in [0.5, 0.6) is 0 Å². The van der Waals surface area contributed by atoms with Gasteiger partial charge >= 0.3 is 0 Å². The van der Waals surface area contributed by atoms with Gasteiger partial charge in [-0.05, 0) is 32.0 Å². The van der Waals surface area contributed by atoms with Crippen molar-refractivity contribution in [2.75, 3.05) is 22.9 Å². The van der Waals surface area contributed by atoms with E-state index in [0.29, 0.717) is 52.4 Å². The van der Waals surface area contributed by atoms with Crippen molar-refractivity contribution in [3.05, 3.63) is 23.2 Å². The number of halogens is 1. The summed E-state index contributed by atoms with van der Waals surface area (Å²) < 4.78 is 1.67. The molecule has 1 aromatic carbocycles. The zero-order valence-corrected chi connectivity index (χ0v) is 14.6. The van der Waals surface area contributed by atoms with Crippen LogP contribution in [0.1, 0.15) is 13.8 Å². The third kappa shape index (κ3) is 3.72. The van der Waals surface area contributed by atoms with Gasteiger partial charge in [0.1, 0.15) is 0 Å². The maximum atomic E-state index is 9.46. The molecule has 5 N–H and O–H groups in total. The lowest BCUT2D eigenvalue weighted by molar-refractivity contribution is 0.208. The number of aliphatic hydroxyl groups is 1. The number of aromatic nitrogens is 5. The van der Waals surface area contributed by atoms with Crippen LogP contribution in [-0.4, -0.2) is 42.7 Å². The molecule has 0 fully saturated rings. The molecule has 3 rings (SSSR count). The number of nitrogens with zero attached hydrogens (tertiary/aromatic N) is 5.